The maximum Gasteiger partial charge on any atom is 0.241 e. The standard InChI is InChI=1S/C21H26Cl2N2O4S/c1-14(2)11-20(15-5-8-17(29-3)9-6-15)24-21(26)13-25(30(4,27)28)16-7-10-18(22)19(23)12-16/h5-10,12,14,20H,11,13H2,1-4H3,(H,24,26)/t20-/m1/s1. The van der Waals surface area contributed by atoms with Gasteiger partial charge in [-0.25, -0.2) is 8.42 Å². The average Bonchev–Trinajstić information content (AvgIpc) is 2.67. The molecule has 0 spiro atoms. The fourth-order valence-electron chi connectivity index (χ4n) is 3.00. The van der Waals surface area contributed by atoms with Gasteiger partial charge in [0.1, 0.15) is 12.3 Å². The van der Waals surface area contributed by atoms with Gasteiger partial charge in [-0.2, -0.15) is 0 Å². The van der Waals surface area contributed by atoms with E-state index in [1.807, 2.05) is 24.3 Å². The maximum atomic E-state index is 12.8. The number of halogens is 2. The van der Waals surface area contributed by atoms with Crippen LogP contribution in [0.5, 0.6) is 5.75 Å². The molecule has 9 heteroatoms. The van der Waals surface area contributed by atoms with E-state index < -0.39 is 15.9 Å². The van der Waals surface area contributed by atoms with Crippen molar-refractivity contribution in [3.63, 3.8) is 0 Å². The normalized spacial score (nSPS) is 12.5. The Hall–Kier alpha value is -1.96. The number of amides is 1. The molecular weight excluding hydrogens is 447 g/mol. The highest BCUT2D eigenvalue weighted by Gasteiger charge is 2.24. The molecule has 2 rings (SSSR count). The Labute approximate surface area is 188 Å². The molecule has 30 heavy (non-hydrogen) atoms. The van der Waals surface area contributed by atoms with Crippen LogP contribution in [0.4, 0.5) is 5.69 Å². The zero-order valence-corrected chi connectivity index (χ0v) is 19.7. The first kappa shape index (κ1) is 24.3. The van der Waals surface area contributed by atoms with Crippen LogP contribution < -0.4 is 14.4 Å². The molecule has 1 amide bonds. The molecule has 0 radical (unpaired) electrons. The Kier molecular flexibility index (Phi) is 8.41. The Balaban J connectivity index is 2.24. The third-order valence-corrected chi connectivity index (χ3v) is 6.32. The van der Waals surface area contributed by atoms with Crippen LogP contribution in [-0.2, 0) is 14.8 Å². The van der Waals surface area contributed by atoms with Crippen LogP contribution in [0.1, 0.15) is 31.9 Å². The number of rotatable bonds is 9. The van der Waals surface area contributed by atoms with Gasteiger partial charge in [0.2, 0.25) is 15.9 Å². The minimum atomic E-state index is -3.72. The number of carbonyl (C=O) groups is 1. The van der Waals surface area contributed by atoms with Gasteiger partial charge < -0.3 is 10.1 Å². The number of methoxy groups -OCH3 is 1. The van der Waals surface area contributed by atoms with Gasteiger partial charge in [-0.1, -0.05) is 49.2 Å². The van der Waals surface area contributed by atoms with Crippen LogP contribution in [0.2, 0.25) is 10.0 Å². The monoisotopic (exact) mass is 472 g/mol. The average molecular weight is 473 g/mol. The molecule has 0 heterocycles. The van der Waals surface area contributed by atoms with Crippen molar-refractivity contribution in [1.82, 2.24) is 5.32 Å². The van der Waals surface area contributed by atoms with Crippen molar-refractivity contribution in [3.05, 3.63) is 58.1 Å². The van der Waals surface area contributed by atoms with E-state index in [1.54, 1.807) is 7.11 Å². The van der Waals surface area contributed by atoms with Crippen molar-refractivity contribution in [2.45, 2.75) is 26.3 Å². The quantitative estimate of drug-likeness (QED) is 0.574. The summed E-state index contributed by atoms with van der Waals surface area (Å²) < 4.78 is 30.8. The van der Waals surface area contributed by atoms with Gasteiger partial charge in [0.25, 0.3) is 0 Å². The van der Waals surface area contributed by atoms with E-state index in [2.05, 4.69) is 19.2 Å². The van der Waals surface area contributed by atoms with Crippen LogP contribution in [0.15, 0.2) is 42.5 Å². The van der Waals surface area contributed by atoms with Gasteiger partial charge >= 0.3 is 0 Å². The number of hydrogen-bond acceptors (Lipinski definition) is 4. The first-order chi connectivity index (χ1) is 14.0. The number of hydrogen-bond donors (Lipinski definition) is 1. The Bertz CT molecular complexity index is 979. The molecule has 6 nitrogen and oxygen atoms in total. The summed E-state index contributed by atoms with van der Waals surface area (Å²) in [6.45, 7) is 3.74. The number of carbonyl (C=O) groups excluding carboxylic acids is 1. The first-order valence-corrected chi connectivity index (χ1v) is 12.0. The first-order valence-electron chi connectivity index (χ1n) is 9.37. The summed E-state index contributed by atoms with van der Waals surface area (Å²) in [5.74, 6) is 0.614. The maximum absolute atomic E-state index is 12.8. The van der Waals surface area contributed by atoms with Crippen molar-refractivity contribution >= 4 is 44.8 Å². The molecule has 2 aromatic rings. The topological polar surface area (TPSA) is 75.7 Å². The molecule has 0 saturated heterocycles. The highest BCUT2D eigenvalue weighted by Crippen LogP contribution is 2.29. The lowest BCUT2D eigenvalue weighted by atomic mass is 9.97. The van der Waals surface area contributed by atoms with E-state index in [0.29, 0.717) is 17.4 Å². The van der Waals surface area contributed by atoms with Gasteiger partial charge in [0.05, 0.1) is 35.1 Å². The summed E-state index contributed by atoms with van der Waals surface area (Å²) in [6.07, 6.45) is 1.74. The van der Waals surface area contributed by atoms with E-state index in [9.17, 15) is 13.2 Å². The largest absolute Gasteiger partial charge is 0.497 e. The van der Waals surface area contributed by atoms with Crippen molar-refractivity contribution in [2.24, 2.45) is 5.92 Å². The SMILES string of the molecule is COc1ccc([C@@H](CC(C)C)NC(=O)CN(c2ccc(Cl)c(Cl)c2)S(C)(=O)=O)cc1. The van der Waals surface area contributed by atoms with Crippen LogP contribution in [-0.4, -0.2) is 34.2 Å². The lowest BCUT2D eigenvalue weighted by molar-refractivity contribution is -0.120. The zero-order valence-electron chi connectivity index (χ0n) is 17.4. The Morgan fingerprint density at radius 3 is 2.23 bits per heavy atom. The molecule has 1 atom stereocenters. The molecule has 0 saturated carbocycles. The fourth-order valence-corrected chi connectivity index (χ4v) is 4.14. The van der Waals surface area contributed by atoms with Crippen LogP contribution >= 0.6 is 23.2 Å². The van der Waals surface area contributed by atoms with Crippen molar-refractivity contribution in [1.29, 1.82) is 0 Å². The summed E-state index contributed by atoms with van der Waals surface area (Å²) >= 11 is 12.0. The molecular formula is C21H26Cl2N2O4S. The summed E-state index contributed by atoms with van der Waals surface area (Å²) in [6, 6.07) is 11.6. The smallest absolute Gasteiger partial charge is 0.241 e. The lowest BCUT2D eigenvalue weighted by Gasteiger charge is -2.25. The second kappa shape index (κ2) is 10.4. The fraction of sp³-hybridized carbons (Fsp3) is 0.381. The van der Waals surface area contributed by atoms with Crippen molar-refractivity contribution in [2.75, 3.05) is 24.2 Å². The van der Waals surface area contributed by atoms with Crippen molar-refractivity contribution < 1.29 is 17.9 Å². The van der Waals surface area contributed by atoms with Crippen LogP contribution in [0.25, 0.3) is 0 Å². The molecule has 0 aromatic heterocycles. The van der Waals surface area contributed by atoms with E-state index in [0.717, 1.165) is 21.9 Å². The number of nitrogens with one attached hydrogen (secondary N) is 1. The summed E-state index contributed by atoms with van der Waals surface area (Å²) in [5.41, 5.74) is 1.19. The molecule has 0 aliphatic heterocycles. The third-order valence-electron chi connectivity index (χ3n) is 4.44. The Morgan fingerprint density at radius 1 is 1.10 bits per heavy atom. The molecule has 0 unspecified atom stereocenters. The molecule has 0 fully saturated rings. The zero-order chi connectivity index (χ0) is 22.5. The second-order valence-electron chi connectivity index (χ2n) is 7.39. The third kappa shape index (κ3) is 6.79. The van der Waals surface area contributed by atoms with Gasteiger partial charge in [-0.3, -0.25) is 9.10 Å². The van der Waals surface area contributed by atoms with E-state index >= 15 is 0 Å². The van der Waals surface area contributed by atoms with Gasteiger partial charge in [0.15, 0.2) is 0 Å². The highest BCUT2D eigenvalue weighted by atomic mass is 35.5. The van der Waals surface area contributed by atoms with Crippen LogP contribution in [0.3, 0.4) is 0 Å². The number of benzene rings is 2. The highest BCUT2D eigenvalue weighted by molar-refractivity contribution is 7.92. The molecule has 164 valence electrons. The molecule has 0 aliphatic carbocycles. The molecule has 0 aliphatic rings. The van der Waals surface area contributed by atoms with Gasteiger partial charge in [0, 0.05) is 0 Å². The Morgan fingerprint density at radius 2 is 1.73 bits per heavy atom. The predicted octanol–water partition coefficient (Wildman–Crippen LogP) is 4.67. The van der Waals surface area contributed by atoms with E-state index in [-0.39, 0.29) is 23.3 Å². The van der Waals surface area contributed by atoms with E-state index in [4.69, 9.17) is 27.9 Å². The predicted molar refractivity (Wildman–Crippen MR) is 122 cm³/mol. The molecule has 0 bridgehead atoms. The second-order valence-corrected chi connectivity index (χ2v) is 10.1. The van der Waals surface area contributed by atoms with Gasteiger partial charge in [-0.15, -0.1) is 0 Å². The minimum Gasteiger partial charge on any atom is -0.497 e. The van der Waals surface area contributed by atoms with Crippen molar-refractivity contribution in [3.8, 4) is 5.75 Å². The van der Waals surface area contributed by atoms with E-state index in [1.165, 1.54) is 18.2 Å². The number of nitrogens with zero attached hydrogens (tertiary/aromatic N) is 1. The minimum absolute atomic E-state index is 0.208. The van der Waals surface area contributed by atoms with Crippen LogP contribution in [0, 0.1) is 5.92 Å². The summed E-state index contributed by atoms with van der Waals surface area (Å²) in [7, 11) is -2.13. The number of anilines is 1. The summed E-state index contributed by atoms with van der Waals surface area (Å²) in [5, 5.41) is 3.46. The van der Waals surface area contributed by atoms with Gasteiger partial charge in [-0.05, 0) is 48.2 Å². The number of ether oxygens (including phenoxy) is 1. The number of sulfonamides is 1. The molecule has 1 N–H and O–H groups in total. The lowest BCUT2D eigenvalue weighted by Crippen LogP contribution is -2.41. The summed E-state index contributed by atoms with van der Waals surface area (Å²) in [4.78, 5) is 12.8. The molecule has 2 aromatic carbocycles.